The fourth-order valence-electron chi connectivity index (χ4n) is 5.66. The number of benzene rings is 2. The van der Waals surface area contributed by atoms with E-state index in [2.05, 4.69) is 15.1 Å². The average molecular weight is 507 g/mol. The molecule has 1 atom stereocenters. The maximum absolute atomic E-state index is 14.3. The highest BCUT2D eigenvalue weighted by Crippen LogP contribution is 2.33. The number of piperazine rings is 1. The molecule has 11 heteroatoms. The Morgan fingerprint density at radius 3 is 2.30 bits per heavy atom. The number of imide groups is 2. The van der Waals surface area contributed by atoms with Crippen LogP contribution in [-0.4, -0.2) is 84.8 Å². The van der Waals surface area contributed by atoms with E-state index >= 15 is 0 Å². The molecule has 0 radical (unpaired) electrons. The van der Waals surface area contributed by atoms with Crippen molar-refractivity contribution in [3.05, 3.63) is 53.3 Å². The number of fused-ring (bicyclic) bond motifs is 1. The van der Waals surface area contributed by atoms with Crippen molar-refractivity contribution in [2.24, 2.45) is 0 Å². The maximum Gasteiger partial charge on any atom is 0.262 e. The summed E-state index contributed by atoms with van der Waals surface area (Å²) in [6.45, 7) is 4.66. The van der Waals surface area contributed by atoms with Crippen LogP contribution in [0.2, 0.25) is 0 Å². The Labute approximate surface area is 212 Å². The number of nitrogens with zero attached hydrogens (tertiary/aromatic N) is 4. The molecular formula is C26H27FN6O4. The van der Waals surface area contributed by atoms with Gasteiger partial charge >= 0.3 is 0 Å². The molecule has 3 fully saturated rings. The predicted octanol–water partition coefficient (Wildman–Crippen LogP) is 0.820. The fraction of sp³-hybridized carbons (Fsp3) is 0.385. The van der Waals surface area contributed by atoms with Gasteiger partial charge in [-0.2, -0.15) is 0 Å². The zero-order chi connectivity index (χ0) is 25.8. The Hall–Kier alpha value is -3.99. The number of nitrogens with one attached hydrogen (secondary N) is 1. The number of amides is 4. The molecular weight excluding hydrogens is 479 g/mol. The first-order chi connectivity index (χ1) is 17.8. The molecule has 0 spiro atoms. The zero-order valence-electron chi connectivity index (χ0n) is 20.2. The third-order valence-electron chi connectivity index (χ3n) is 7.79. The molecule has 0 aromatic heterocycles. The standard InChI is InChI=1S/C26H27FN6O4/c27-20-11-15(28)1-4-21(20)31-9-7-30(8-10-31)17-13-32(14-17)16-2-3-18-19(12-16)26(37)33(25(18)36)22-5-6-23(34)29-24(22)35/h1-4,11-12,17,22H,5-10,13-14,28H2,(H,29,34,35). The van der Waals surface area contributed by atoms with E-state index in [1.165, 1.54) is 6.07 Å². The number of anilines is 3. The molecule has 0 saturated carbocycles. The van der Waals surface area contributed by atoms with Crippen molar-refractivity contribution in [2.45, 2.75) is 24.9 Å². The molecule has 3 N–H and O–H groups in total. The molecule has 2 aromatic rings. The van der Waals surface area contributed by atoms with Crippen molar-refractivity contribution >= 4 is 40.7 Å². The van der Waals surface area contributed by atoms with Gasteiger partial charge in [-0.15, -0.1) is 0 Å². The summed E-state index contributed by atoms with van der Waals surface area (Å²) in [5, 5.41) is 2.21. The molecule has 4 aliphatic rings. The summed E-state index contributed by atoms with van der Waals surface area (Å²) >= 11 is 0. The second kappa shape index (κ2) is 8.84. The summed E-state index contributed by atoms with van der Waals surface area (Å²) in [6.07, 6.45) is 0.225. The number of rotatable bonds is 4. The summed E-state index contributed by atoms with van der Waals surface area (Å²) in [7, 11) is 0. The number of piperidine rings is 1. The molecule has 4 heterocycles. The minimum Gasteiger partial charge on any atom is -0.399 e. The number of carbonyl (C=O) groups excluding carboxylic acids is 4. The van der Waals surface area contributed by atoms with Gasteiger partial charge in [-0.3, -0.25) is 34.3 Å². The quantitative estimate of drug-likeness (QED) is 0.462. The smallest absolute Gasteiger partial charge is 0.262 e. The predicted molar refractivity (Wildman–Crippen MR) is 134 cm³/mol. The van der Waals surface area contributed by atoms with Gasteiger partial charge in [-0.25, -0.2) is 4.39 Å². The van der Waals surface area contributed by atoms with E-state index in [1.54, 1.807) is 24.3 Å². The first-order valence-corrected chi connectivity index (χ1v) is 12.4. The number of nitrogen functional groups attached to an aromatic ring is 1. The Morgan fingerprint density at radius 2 is 1.59 bits per heavy atom. The van der Waals surface area contributed by atoms with E-state index in [4.69, 9.17) is 5.73 Å². The highest BCUT2D eigenvalue weighted by atomic mass is 19.1. The molecule has 6 rings (SSSR count). The van der Waals surface area contributed by atoms with Crippen molar-refractivity contribution in [3.63, 3.8) is 0 Å². The number of hydrogen-bond donors (Lipinski definition) is 2. The first-order valence-electron chi connectivity index (χ1n) is 12.4. The molecule has 37 heavy (non-hydrogen) atoms. The lowest BCUT2D eigenvalue weighted by Gasteiger charge is -2.49. The summed E-state index contributed by atoms with van der Waals surface area (Å²) in [6, 6.07) is 9.37. The minimum atomic E-state index is -0.970. The van der Waals surface area contributed by atoms with E-state index < -0.39 is 29.7 Å². The van der Waals surface area contributed by atoms with E-state index in [0.717, 1.165) is 49.9 Å². The normalized spacial score (nSPS) is 22.8. The first kappa shape index (κ1) is 23.4. The summed E-state index contributed by atoms with van der Waals surface area (Å²) < 4.78 is 14.3. The van der Waals surface area contributed by atoms with Crippen molar-refractivity contribution in [1.29, 1.82) is 0 Å². The van der Waals surface area contributed by atoms with Gasteiger partial charge in [0.2, 0.25) is 11.8 Å². The van der Waals surface area contributed by atoms with Crippen LogP contribution < -0.4 is 20.9 Å². The van der Waals surface area contributed by atoms with Crippen molar-refractivity contribution in [3.8, 4) is 0 Å². The molecule has 4 amide bonds. The van der Waals surface area contributed by atoms with Gasteiger partial charge in [-0.05, 0) is 42.8 Å². The SMILES string of the molecule is Nc1ccc(N2CCN(C3CN(c4ccc5c(c4)C(=O)N(C4CCC(=O)NC4=O)C5=O)C3)CC2)c(F)c1. The van der Waals surface area contributed by atoms with Crippen LogP contribution in [0.4, 0.5) is 21.5 Å². The van der Waals surface area contributed by atoms with Gasteiger partial charge in [0.1, 0.15) is 11.9 Å². The van der Waals surface area contributed by atoms with Gasteiger partial charge in [0.15, 0.2) is 0 Å². The molecule has 2 aromatic carbocycles. The molecule has 4 aliphatic heterocycles. The lowest BCUT2D eigenvalue weighted by Crippen LogP contribution is -2.63. The second-order valence-electron chi connectivity index (χ2n) is 9.97. The third-order valence-corrected chi connectivity index (χ3v) is 7.79. The van der Waals surface area contributed by atoms with E-state index in [9.17, 15) is 23.6 Å². The van der Waals surface area contributed by atoms with Crippen LogP contribution in [0, 0.1) is 5.82 Å². The molecule has 1 unspecified atom stereocenters. The zero-order valence-corrected chi connectivity index (χ0v) is 20.2. The van der Waals surface area contributed by atoms with E-state index in [0.29, 0.717) is 17.4 Å². The van der Waals surface area contributed by atoms with Crippen molar-refractivity contribution in [2.75, 3.05) is 54.8 Å². The Balaban J connectivity index is 1.08. The third kappa shape index (κ3) is 3.99. The Kier molecular flexibility index (Phi) is 5.59. The van der Waals surface area contributed by atoms with Crippen LogP contribution in [-0.2, 0) is 9.59 Å². The lowest BCUT2D eigenvalue weighted by molar-refractivity contribution is -0.136. The summed E-state index contributed by atoms with van der Waals surface area (Å²) in [4.78, 5) is 57.3. The number of nitrogens with two attached hydrogens (primary N) is 1. The maximum atomic E-state index is 14.3. The Bertz CT molecular complexity index is 1320. The fourth-order valence-corrected chi connectivity index (χ4v) is 5.66. The molecule has 3 saturated heterocycles. The molecule has 10 nitrogen and oxygen atoms in total. The largest absolute Gasteiger partial charge is 0.399 e. The number of carbonyl (C=O) groups is 4. The Morgan fingerprint density at radius 1 is 0.865 bits per heavy atom. The number of halogens is 1. The summed E-state index contributed by atoms with van der Waals surface area (Å²) in [5.41, 5.74) is 8.07. The molecule has 192 valence electrons. The van der Waals surface area contributed by atoms with E-state index in [1.807, 2.05) is 11.0 Å². The minimum absolute atomic E-state index is 0.0907. The average Bonchev–Trinajstić information content (AvgIpc) is 3.08. The van der Waals surface area contributed by atoms with Gasteiger partial charge in [0.25, 0.3) is 11.8 Å². The highest BCUT2D eigenvalue weighted by molar-refractivity contribution is 6.23. The van der Waals surface area contributed by atoms with Crippen LogP contribution in [0.25, 0.3) is 0 Å². The van der Waals surface area contributed by atoms with Gasteiger partial charge in [0.05, 0.1) is 16.8 Å². The topological polar surface area (TPSA) is 119 Å². The van der Waals surface area contributed by atoms with Crippen molar-refractivity contribution in [1.82, 2.24) is 15.1 Å². The second-order valence-corrected chi connectivity index (χ2v) is 9.97. The van der Waals surface area contributed by atoms with Crippen LogP contribution in [0.3, 0.4) is 0 Å². The van der Waals surface area contributed by atoms with Gasteiger partial charge < -0.3 is 15.5 Å². The van der Waals surface area contributed by atoms with E-state index in [-0.39, 0.29) is 29.8 Å². The van der Waals surface area contributed by atoms with Crippen LogP contribution in [0.1, 0.15) is 33.6 Å². The summed E-state index contributed by atoms with van der Waals surface area (Å²) in [5.74, 6) is -2.32. The highest BCUT2D eigenvalue weighted by Gasteiger charge is 2.45. The lowest BCUT2D eigenvalue weighted by atomic mass is 10.0. The van der Waals surface area contributed by atoms with Gasteiger partial charge in [-0.1, -0.05) is 0 Å². The van der Waals surface area contributed by atoms with Crippen LogP contribution >= 0.6 is 0 Å². The van der Waals surface area contributed by atoms with Gasteiger partial charge in [0, 0.05) is 63.1 Å². The number of hydrogen-bond acceptors (Lipinski definition) is 8. The van der Waals surface area contributed by atoms with Crippen LogP contribution in [0.15, 0.2) is 36.4 Å². The molecule has 0 bridgehead atoms. The molecule has 0 aliphatic carbocycles. The van der Waals surface area contributed by atoms with Crippen LogP contribution in [0.5, 0.6) is 0 Å². The van der Waals surface area contributed by atoms with Crippen molar-refractivity contribution < 1.29 is 23.6 Å². The monoisotopic (exact) mass is 506 g/mol.